The molecular formula is C19H28N4O3. The lowest BCUT2D eigenvalue weighted by Gasteiger charge is -2.35. The van der Waals surface area contributed by atoms with Crippen molar-refractivity contribution in [2.75, 3.05) is 51.1 Å². The third kappa shape index (κ3) is 5.29. The van der Waals surface area contributed by atoms with Gasteiger partial charge < -0.3 is 15.1 Å². The van der Waals surface area contributed by atoms with E-state index in [1.165, 1.54) is 6.92 Å². The minimum Gasteiger partial charge on any atom is -0.342 e. The summed E-state index contributed by atoms with van der Waals surface area (Å²) in [4.78, 5) is 41.6. The first-order valence-corrected chi connectivity index (χ1v) is 9.11. The summed E-state index contributed by atoms with van der Waals surface area (Å²) in [5.74, 6) is -0.0168. The van der Waals surface area contributed by atoms with E-state index < -0.39 is 0 Å². The smallest absolute Gasteiger partial charge is 0.253 e. The number of hydrogen-bond acceptors (Lipinski definition) is 4. The highest BCUT2D eigenvalue weighted by atomic mass is 16.2. The maximum Gasteiger partial charge on any atom is 0.253 e. The Hall–Kier alpha value is -2.41. The van der Waals surface area contributed by atoms with Gasteiger partial charge in [0.2, 0.25) is 11.8 Å². The van der Waals surface area contributed by atoms with Gasteiger partial charge in [-0.2, -0.15) is 0 Å². The summed E-state index contributed by atoms with van der Waals surface area (Å²) in [6.07, 6.45) is 0. The first kappa shape index (κ1) is 19.9. The zero-order chi connectivity index (χ0) is 19.1. The summed E-state index contributed by atoms with van der Waals surface area (Å²) < 4.78 is 0. The normalized spacial score (nSPS) is 14.8. The SMILES string of the molecule is CCN(CC)C(=O)CN1CCN(C(=O)c2ccc(NC(C)=O)cc2)CC1. The first-order valence-electron chi connectivity index (χ1n) is 9.11. The van der Waals surface area contributed by atoms with Crippen molar-refractivity contribution in [3.05, 3.63) is 29.8 Å². The number of amides is 3. The van der Waals surface area contributed by atoms with E-state index in [2.05, 4.69) is 10.2 Å². The van der Waals surface area contributed by atoms with Crippen molar-refractivity contribution in [3.8, 4) is 0 Å². The summed E-state index contributed by atoms with van der Waals surface area (Å²) in [5, 5.41) is 2.69. The lowest BCUT2D eigenvalue weighted by molar-refractivity contribution is -0.132. The van der Waals surface area contributed by atoms with Crippen molar-refractivity contribution in [1.29, 1.82) is 0 Å². The fourth-order valence-electron chi connectivity index (χ4n) is 3.06. The molecule has 1 aliphatic heterocycles. The largest absolute Gasteiger partial charge is 0.342 e. The first-order chi connectivity index (χ1) is 12.4. The number of anilines is 1. The van der Waals surface area contributed by atoms with Crippen LogP contribution in [0.3, 0.4) is 0 Å². The van der Waals surface area contributed by atoms with E-state index in [-0.39, 0.29) is 17.7 Å². The van der Waals surface area contributed by atoms with Crippen molar-refractivity contribution in [1.82, 2.24) is 14.7 Å². The van der Waals surface area contributed by atoms with Crippen LogP contribution in [0, 0.1) is 0 Å². The Bertz CT molecular complexity index is 633. The van der Waals surface area contributed by atoms with Gasteiger partial charge in [-0.3, -0.25) is 19.3 Å². The summed E-state index contributed by atoms with van der Waals surface area (Å²) in [5.41, 5.74) is 1.28. The molecule has 0 bridgehead atoms. The topological polar surface area (TPSA) is 73.0 Å². The number of benzene rings is 1. The summed E-state index contributed by atoms with van der Waals surface area (Å²) in [6.45, 7) is 9.88. The van der Waals surface area contributed by atoms with E-state index in [4.69, 9.17) is 0 Å². The van der Waals surface area contributed by atoms with Crippen LogP contribution >= 0.6 is 0 Å². The van der Waals surface area contributed by atoms with Gasteiger partial charge in [0.15, 0.2) is 0 Å². The lowest BCUT2D eigenvalue weighted by atomic mass is 10.1. The van der Waals surface area contributed by atoms with Gasteiger partial charge in [-0.15, -0.1) is 0 Å². The van der Waals surface area contributed by atoms with E-state index in [9.17, 15) is 14.4 Å². The molecule has 1 fully saturated rings. The average molecular weight is 360 g/mol. The predicted octanol–water partition coefficient (Wildman–Crippen LogP) is 1.27. The Morgan fingerprint density at radius 1 is 1.00 bits per heavy atom. The van der Waals surface area contributed by atoms with Crippen LogP contribution in [-0.2, 0) is 9.59 Å². The van der Waals surface area contributed by atoms with E-state index in [0.717, 1.165) is 13.1 Å². The van der Waals surface area contributed by atoms with Crippen LogP contribution in [0.25, 0.3) is 0 Å². The average Bonchev–Trinajstić information content (AvgIpc) is 2.63. The fourth-order valence-corrected chi connectivity index (χ4v) is 3.06. The molecule has 0 spiro atoms. The molecule has 7 heteroatoms. The number of likely N-dealkylation sites (N-methyl/N-ethyl adjacent to an activating group) is 1. The number of nitrogens with one attached hydrogen (secondary N) is 1. The molecule has 1 aliphatic rings. The van der Waals surface area contributed by atoms with Crippen LogP contribution in [-0.4, -0.2) is 78.2 Å². The Labute approximate surface area is 154 Å². The maximum atomic E-state index is 12.6. The van der Waals surface area contributed by atoms with Gasteiger partial charge >= 0.3 is 0 Å². The molecular weight excluding hydrogens is 332 g/mol. The predicted molar refractivity (Wildman–Crippen MR) is 101 cm³/mol. The molecule has 1 N–H and O–H groups in total. The van der Waals surface area contributed by atoms with Crippen molar-refractivity contribution in [3.63, 3.8) is 0 Å². The number of piperazine rings is 1. The van der Waals surface area contributed by atoms with Gasteiger partial charge in [-0.05, 0) is 38.1 Å². The number of hydrogen-bond donors (Lipinski definition) is 1. The second-order valence-electron chi connectivity index (χ2n) is 6.39. The summed E-state index contributed by atoms with van der Waals surface area (Å²) >= 11 is 0. The number of rotatable bonds is 6. The molecule has 1 heterocycles. The molecule has 0 saturated carbocycles. The van der Waals surface area contributed by atoms with E-state index in [1.807, 2.05) is 23.6 Å². The van der Waals surface area contributed by atoms with E-state index in [0.29, 0.717) is 44.0 Å². The molecule has 1 aromatic rings. The molecule has 1 aromatic carbocycles. The Morgan fingerprint density at radius 3 is 2.08 bits per heavy atom. The monoisotopic (exact) mass is 360 g/mol. The highest BCUT2D eigenvalue weighted by Gasteiger charge is 2.24. The Kier molecular flexibility index (Phi) is 7.15. The van der Waals surface area contributed by atoms with Crippen LogP contribution in [0.4, 0.5) is 5.69 Å². The Morgan fingerprint density at radius 2 is 1.58 bits per heavy atom. The molecule has 0 atom stereocenters. The van der Waals surface area contributed by atoms with Gasteiger partial charge in [0.1, 0.15) is 0 Å². The molecule has 7 nitrogen and oxygen atoms in total. The minimum absolute atomic E-state index is 0.0194. The third-order valence-electron chi connectivity index (χ3n) is 4.59. The maximum absolute atomic E-state index is 12.6. The van der Waals surface area contributed by atoms with Crippen LogP contribution in [0.2, 0.25) is 0 Å². The van der Waals surface area contributed by atoms with Gasteiger partial charge in [0.05, 0.1) is 6.54 Å². The second-order valence-corrected chi connectivity index (χ2v) is 6.39. The van der Waals surface area contributed by atoms with Crippen molar-refractivity contribution in [2.45, 2.75) is 20.8 Å². The highest BCUT2D eigenvalue weighted by Crippen LogP contribution is 2.13. The molecule has 0 radical (unpaired) electrons. The van der Waals surface area contributed by atoms with Gasteiger partial charge in [-0.25, -0.2) is 0 Å². The molecule has 26 heavy (non-hydrogen) atoms. The molecule has 1 saturated heterocycles. The zero-order valence-electron chi connectivity index (χ0n) is 15.8. The molecule has 0 aromatic heterocycles. The third-order valence-corrected chi connectivity index (χ3v) is 4.59. The summed E-state index contributed by atoms with van der Waals surface area (Å²) in [7, 11) is 0. The highest BCUT2D eigenvalue weighted by molar-refractivity contribution is 5.95. The van der Waals surface area contributed by atoms with Gasteiger partial charge in [-0.1, -0.05) is 0 Å². The molecule has 142 valence electrons. The number of nitrogens with zero attached hydrogens (tertiary/aromatic N) is 3. The lowest BCUT2D eigenvalue weighted by Crippen LogP contribution is -2.51. The van der Waals surface area contributed by atoms with Crippen molar-refractivity contribution >= 4 is 23.4 Å². The van der Waals surface area contributed by atoms with Crippen LogP contribution in [0.5, 0.6) is 0 Å². The summed E-state index contributed by atoms with van der Waals surface area (Å²) in [6, 6.07) is 6.91. The van der Waals surface area contributed by atoms with Crippen LogP contribution in [0.1, 0.15) is 31.1 Å². The Balaban J connectivity index is 1.86. The minimum atomic E-state index is -0.139. The standard InChI is InChI=1S/C19H28N4O3/c1-4-22(5-2)18(25)14-21-10-12-23(13-11-21)19(26)16-6-8-17(9-7-16)20-15(3)24/h6-9H,4-5,10-14H2,1-3H3,(H,20,24). The molecule has 0 aliphatic carbocycles. The zero-order valence-corrected chi connectivity index (χ0v) is 15.8. The number of carbonyl (C=O) groups is 3. The molecule has 0 unspecified atom stereocenters. The van der Waals surface area contributed by atoms with Gasteiger partial charge in [0, 0.05) is 57.4 Å². The molecule has 2 rings (SSSR count). The van der Waals surface area contributed by atoms with Crippen LogP contribution in [0.15, 0.2) is 24.3 Å². The number of carbonyl (C=O) groups excluding carboxylic acids is 3. The quantitative estimate of drug-likeness (QED) is 0.829. The van der Waals surface area contributed by atoms with Crippen molar-refractivity contribution < 1.29 is 14.4 Å². The van der Waals surface area contributed by atoms with Crippen LogP contribution < -0.4 is 5.32 Å². The van der Waals surface area contributed by atoms with E-state index >= 15 is 0 Å². The van der Waals surface area contributed by atoms with Crippen molar-refractivity contribution in [2.24, 2.45) is 0 Å². The second kappa shape index (κ2) is 9.33. The molecule has 3 amide bonds. The van der Waals surface area contributed by atoms with Gasteiger partial charge in [0.25, 0.3) is 5.91 Å². The van der Waals surface area contributed by atoms with E-state index in [1.54, 1.807) is 24.3 Å². The fraction of sp³-hybridized carbons (Fsp3) is 0.526.